The van der Waals surface area contributed by atoms with E-state index in [1.165, 1.54) is 85.6 Å². The van der Waals surface area contributed by atoms with Crippen LogP contribution in [0.1, 0.15) is 91.9 Å². The molecule has 4 rings (SSSR count). The summed E-state index contributed by atoms with van der Waals surface area (Å²) >= 11 is 2.14. The van der Waals surface area contributed by atoms with Crippen LogP contribution in [-0.2, 0) is 4.43 Å². The number of unbranched alkanes of at least 4 members (excludes halogenated alkanes) is 7. The van der Waals surface area contributed by atoms with Crippen LogP contribution in [0.15, 0.2) is 60.7 Å². The van der Waals surface area contributed by atoms with Gasteiger partial charge in [0.2, 0.25) is 0 Å². The Morgan fingerprint density at radius 2 is 1.21 bits per heavy atom. The number of thioether (sulfide) groups is 1. The van der Waals surface area contributed by atoms with Gasteiger partial charge in [-0.25, -0.2) is 0 Å². The first-order valence-corrected chi connectivity index (χ1v) is 22.5. The van der Waals surface area contributed by atoms with Crippen molar-refractivity contribution in [1.82, 2.24) is 10.6 Å². The van der Waals surface area contributed by atoms with E-state index in [2.05, 4.69) is 115 Å². The Morgan fingerprint density at radius 1 is 0.750 bits per heavy atom. The van der Waals surface area contributed by atoms with Crippen molar-refractivity contribution in [3.63, 3.8) is 0 Å². The van der Waals surface area contributed by atoms with Crippen molar-refractivity contribution in [2.75, 3.05) is 31.2 Å². The summed E-state index contributed by atoms with van der Waals surface area (Å²) in [4.78, 5) is 0. The molecule has 4 nitrogen and oxygen atoms in total. The van der Waals surface area contributed by atoms with Crippen LogP contribution < -0.4 is 21.0 Å². The van der Waals surface area contributed by atoms with Gasteiger partial charge in [0, 0.05) is 18.6 Å². The average molecular weight is 740 g/mol. The minimum absolute atomic E-state index is 0.00398. The second-order valence-electron chi connectivity index (χ2n) is 14.1. The molecule has 0 saturated carbocycles. The Labute approximate surface area is 289 Å². The molecule has 13 heteroatoms. The molecule has 0 aliphatic carbocycles. The van der Waals surface area contributed by atoms with Crippen molar-refractivity contribution >= 4 is 44.2 Å². The van der Waals surface area contributed by atoms with Crippen molar-refractivity contribution in [2.24, 2.45) is 0 Å². The number of nitrogens with one attached hydrogen (secondary N) is 2. The van der Waals surface area contributed by atoms with E-state index in [1.54, 1.807) is 0 Å². The van der Waals surface area contributed by atoms with Crippen molar-refractivity contribution in [1.29, 1.82) is 0 Å². The summed E-state index contributed by atoms with van der Waals surface area (Å²) in [5, 5.41) is 10.5. The summed E-state index contributed by atoms with van der Waals surface area (Å²) in [6.45, 7) is 12.4. The molecule has 2 atom stereocenters. The monoisotopic (exact) mass is 739 g/mol. The summed E-state index contributed by atoms with van der Waals surface area (Å²) in [6.07, 6.45) is 13.6. The summed E-state index contributed by atoms with van der Waals surface area (Å²) < 4.78 is 69.0. The Morgan fingerprint density at radius 3 is 1.71 bits per heavy atom. The Bertz CT molecular complexity index is 1230. The fourth-order valence-electron chi connectivity index (χ4n) is 6.51. The molecule has 274 valence electrons. The summed E-state index contributed by atoms with van der Waals surface area (Å²) in [6, 6.07) is 22.9. The molecule has 0 radical (unpaired) electrons. The molecule has 0 fully saturated rings. The number of benzene rings is 2. The molecule has 0 saturated heterocycles. The van der Waals surface area contributed by atoms with Gasteiger partial charge in [0.25, 0.3) is 8.32 Å². The second kappa shape index (κ2) is 17.0. The van der Waals surface area contributed by atoms with Crippen molar-refractivity contribution in [3.05, 3.63) is 60.7 Å². The first-order valence-electron chi connectivity index (χ1n) is 17.4. The van der Waals surface area contributed by atoms with Crippen LogP contribution in [0.3, 0.4) is 0 Å². The van der Waals surface area contributed by atoms with Gasteiger partial charge in [-0.3, -0.25) is 15.2 Å². The third-order valence-corrected chi connectivity index (χ3v) is 15.1. The summed E-state index contributed by atoms with van der Waals surface area (Å²) in [5.41, 5.74) is 0. The van der Waals surface area contributed by atoms with E-state index >= 15 is 0 Å². The zero-order valence-corrected chi connectivity index (χ0v) is 31.7. The van der Waals surface area contributed by atoms with Gasteiger partial charge in [0.05, 0.1) is 31.8 Å². The molecule has 2 aliphatic heterocycles. The normalized spacial score (nSPS) is 20.0. The first-order chi connectivity index (χ1) is 22.4. The molecule has 2 aliphatic rings. The van der Waals surface area contributed by atoms with Gasteiger partial charge < -0.3 is 4.43 Å². The maximum absolute atomic E-state index is 10.7. The molecule has 2 aromatic carbocycles. The minimum atomic E-state index is -10.7. The summed E-state index contributed by atoms with van der Waals surface area (Å²) in [5.74, 6) is 3.74. The predicted molar refractivity (Wildman–Crippen MR) is 195 cm³/mol. The predicted octanol–water partition coefficient (Wildman–Crippen LogP) is 9.91. The molecule has 0 amide bonds. The van der Waals surface area contributed by atoms with Crippen molar-refractivity contribution in [3.8, 4) is 0 Å². The first kappa shape index (κ1) is 40.7. The molecule has 0 aromatic heterocycles. The van der Waals surface area contributed by atoms with Crippen LogP contribution in [0.5, 0.6) is 0 Å². The van der Waals surface area contributed by atoms with Crippen LogP contribution in [0.2, 0.25) is 5.04 Å². The number of guanidine groups is 1. The van der Waals surface area contributed by atoms with Crippen LogP contribution in [0.4, 0.5) is 25.2 Å². The topological polar surface area (TPSA) is 36.3 Å². The molecule has 48 heavy (non-hydrogen) atoms. The standard InChI is InChI=1S/C35H55N3OSSi.F6P/c1-5-6-7-8-9-10-11-18-27-40-29-31-24-26-38-25-23-30(36-34(38)37-31)28-39-41(35(2,3)4,32-19-14-12-15-20-32)33-21-16-13-17-22-33;1-7(2,3,4,5)6/h12-17,19-22,30-31H,5-11,18,23-29H2,1-4H3,(H,36,37);/q;-1/p+1/t30-,31-;/m1./s1. The van der Waals surface area contributed by atoms with E-state index in [4.69, 9.17) is 4.43 Å². The second-order valence-corrected chi connectivity index (χ2v) is 21.5. The third kappa shape index (κ3) is 14.6. The molecular formula is C35H56F6N3OPSSi. The van der Waals surface area contributed by atoms with Gasteiger partial charge in [-0.15, -0.1) is 0 Å². The zero-order valence-electron chi connectivity index (χ0n) is 29.0. The van der Waals surface area contributed by atoms with Crippen LogP contribution in [-0.4, -0.2) is 62.1 Å². The molecule has 0 spiro atoms. The Hall–Kier alpha value is -1.75. The molecular weight excluding hydrogens is 684 g/mol. The van der Waals surface area contributed by atoms with Gasteiger partial charge in [-0.2, -0.15) is 11.8 Å². The Kier molecular flexibility index (Phi) is 14.4. The van der Waals surface area contributed by atoms with Gasteiger partial charge in [0.15, 0.2) is 0 Å². The van der Waals surface area contributed by atoms with E-state index < -0.39 is 16.1 Å². The zero-order chi connectivity index (χ0) is 35.4. The van der Waals surface area contributed by atoms with Crippen molar-refractivity contribution < 1.29 is 34.2 Å². The average Bonchev–Trinajstić information content (AvgIpc) is 3.01. The quantitative estimate of drug-likeness (QED) is 0.0591. The van der Waals surface area contributed by atoms with Crippen LogP contribution in [0, 0.1) is 0 Å². The van der Waals surface area contributed by atoms with E-state index in [1.807, 2.05) is 0 Å². The van der Waals surface area contributed by atoms with E-state index in [0.717, 1.165) is 26.1 Å². The van der Waals surface area contributed by atoms with E-state index in [0.29, 0.717) is 12.1 Å². The third-order valence-electron chi connectivity index (χ3n) is 8.87. The fourth-order valence-corrected chi connectivity index (χ4v) is 12.2. The number of hydrogen-bond acceptors (Lipinski definition) is 4. The van der Waals surface area contributed by atoms with Crippen LogP contribution >= 0.6 is 19.6 Å². The van der Waals surface area contributed by atoms with Crippen molar-refractivity contribution in [2.45, 2.75) is 109 Å². The molecule has 2 aromatic rings. The van der Waals surface area contributed by atoms with Gasteiger partial charge in [0.1, 0.15) is 0 Å². The molecule has 2 heterocycles. The number of nitrogens with zero attached hydrogens (tertiary/aromatic N) is 1. The molecule has 0 unspecified atom stereocenters. The van der Waals surface area contributed by atoms with E-state index in [9.17, 15) is 25.2 Å². The number of hydrogen-bond donors (Lipinski definition) is 2. The maximum atomic E-state index is 9.87. The molecule has 2 N–H and O–H groups in total. The van der Waals surface area contributed by atoms with Gasteiger partial charge in [-0.1, -0.05) is 133 Å². The SMILES string of the molecule is CCCCCCCCCCSC[C@H]1CC[N+]2=C(N[C@@H](CO[Si](c3ccccc3)(c3ccccc3)C(C)(C)C)CC2)N1.F[P-](F)(F)(F)(F)F. The van der Waals surface area contributed by atoms with Gasteiger partial charge in [-0.05, 0) is 27.6 Å². The van der Waals surface area contributed by atoms with E-state index in [-0.39, 0.29) is 5.04 Å². The fraction of sp³-hybridized carbons (Fsp3) is 0.629. The summed E-state index contributed by atoms with van der Waals surface area (Å²) in [7, 11) is -13.2. The molecule has 0 bridgehead atoms. The van der Waals surface area contributed by atoms with Gasteiger partial charge >= 0.3 is 38.9 Å². The van der Waals surface area contributed by atoms with Crippen LogP contribution in [0.25, 0.3) is 0 Å². The number of halogens is 6. The number of rotatable bonds is 16. The Balaban J connectivity index is 0.000000804.